The average molecular weight is 367 g/mol. The first kappa shape index (κ1) is 16.5. The van der Waals surface area contributed by atoms with Crippen molar-refractivity contribution < 1.29 is 13.2 Å². The molecule has 2 atom stereocenters. The number of hydrogen-bond acceptors (Lipinski definition) is 3. The van der Waals surface area contributed by atoms with Crippen LogP contribution in [-0.4, -0.2) is 41.9 Å². The molecule has 0 amide bonds. The van der Waals surface area contributed by atoms with E-state index in [-0.39, 0.29) is 12.5 Å². The fourth-order valence-electron chi connectivity index (χ4n) is 2.45. The minimum absolute atomic E-state index is 0.0463. The minimum Gasteiger partial charge on any atom is -0.321 e. The second-order valence-corrected chi connectivity index (χ2v) is 6.18. The summed E-state index contributed by atoms with van der Waals surface area (Å²) in [5.74, 6) is -0.669. The Kier molecular flexibility index (Phi) is 4.23. The second-order valence-electron chi connectivity index (χ2n) is 5.39. The molecule has 0 aromatic heterocycles. The Morgan fingerprint density at radius 3 is 2.43 bits per heavy atom. The van der Waals surface area contributed by atoms with Gasteiger partial charge >= 0.3 is 6.18 Å². The standard InChI is InChI=1S/C13H18BrF3N4/c1-4-20-11(13(15,16)17)21-10(18)12(21,2)9(14)8(19-3)7-5-6-7/h7,10H,3-6,18H2,1-2H3/b9-8+,20-11?/t10?,12-,21?/m0/s1. The van der Waals surface area contributed by atoms with Gasteiger partial charge in [0.2, 0.25) is 5.84 Å². The van der Waals surface area contributed by atoms with Gasteiger partial charge in [-0.3, -0.25) is 9.98 Å². The molecular weight excluding hydrogens is 349 g/mol. The van der Waals surface area contributed by atoms with Crippen molar-refractivity contribution in [3.05, 3.63) is 10.2 Å². The van der Waals surface area contributed by atoms with E-state index in [1.807, 2.05) is 0 Å². The zero-order valence-electron chi connectivity index (χ0n) is 11.9. The molecule has 1 saturated heterocycles. The Morgan fingerprint density at radius 2 is 2.05 bits per heavy atom. The van der Waals surface area contributed by atoms with Crippen LogP contribution in [0, 0.1) is 5.92 Å². The number of nitrogens with two attached hydrogens (primary N) is 1. The zero-order valence-corrected chi connectivity index (χ0v) is 13.5. The van der Waals surface area contributed by atoms with E-state index < -0.39 is 23.7 Å². The number of nitrogens with zero attached hydrogens (tertiary/aromatic N) is 3. The van der Waals surface area contributed by atoms with Gasteiger partial charge in [0.25, 0.3) is 0 Å². The highest BCUT2D eigenvalue weighted by atomic mass is 79.9. The number of halogens is 4. The normalized spacial score (nSPS) is 31.1. The highest BCUT2D eigenvalue weighted by Crippen LogP contribution is 2.53. The summed E-state index contributed by atoms with van der Waals surface area (Å²) in [7, 11) is 0. The van der Waals surface area contributed by atoms with Crippen molar-refractivity contribution >= 4 is 28.5 Å². The van der Waals surface area contributed by atoms with Crippen LogP contribution in [0.4, 0.5) is 13.2 Å². The topological polar surface area (TPSA) is 53.7 Å². The Bertz CT molecular complexity index is 510. The highest BCUT2D eigenvalue weighted by molar-refractivity contribution is 9.11. The van der Waals surface area contributed by atoms with Crippen LogP contribution < -0.4 is 5.73 Å². The quantitative estimate of drug-likeness (QED) is 0.472. The van der Waals surface area contributed by atoms with Crippen LogP contribution >= 0.6 is 15.9 Å². The van der Waals surface area contributed by atoms with Crippen molar-refractivity contribution in [1.29, 1.82) is 0 Å². The van der Waals surface area contributed by atoms with Crippen molar-refractivity contribution in [2.24, 2.45) is 21.6 Å². The predicted molar refractivity (Wildman–Crippen MR) is 80.5 cm³/mol. The Balaban J connectivity index is 2.37. The van der Waals surface area contributed by atoms with Gasteiger partial charge in [-0.05, 0) is 33.4 Å². The molecule has 118 valence electrons. The summed E-state index contributed by atoms with van der Waals surface area (Å²) < 4.78 is 40.0. The molecule has 2 N–H and O–H groups in total. The molecule has 0 spiro atoms. The molecule has 4 nitrogen and oxygen atoms in total. The molecule has 1 aliphatic heterocycles. The summed E-state index contributed by atoms with van der Waals surface area (Å²) in [4.78, 5) is 8.64. The van der Waals surface area contributed by atoms with Crippen molar-refractivity contribution in [3.63, 3.8) is 0 Å². The minimum atomic E-state index is -4.53. The van der Waals surface area contributed by atoms with E-state index in [2.05, 4.69) is 32.6 Å². The predicted octanol–water partition coefficient (Wildman–Crippen LogP) is 3.04. The monoisotopic (exact) mass is 366 g/mol. The van der Waals surface area contributed by atoms with Crippen LogP contribution in [0.15, 0.2) is 20.2 Å². The molecule has 2 rings (SSSR count). The van der Waals surface area contributed by atoms with Crippen LogP contribution in [0.2, 0.25) is 0 Å². The van der Waals surface area contributed by atoms with E-state index in [0.717, 1.165) is 17.7 Å². The number of aliphatic imine (C=N–C) groups is 2. The van der Waals surface area contributed by atoms with Crippen molar-refractivity contribution in [1.82, 2.24) is 4.90 Å². The van der Waals surface area contributed by atoms with Gasteiger partial charge < -0.3 is 10.6 Å². The number of allylic oxidation sites excluding steroid dienone is 1. The molecule has 0 aromatic carbocycles. The fourth-order valence-corrected chi connectivity index (χ4v) is 3.32. The smallest absolute Gasteiger partial charge is 0.321 e. The van der Waals surface area contributed by atoms with E-state index in [1.165, 1.54) is 0 Å². The van der Waals surface area contributed by atoms with Gasteiger partial charge in [0.15, 0.2) is 0 Å². The first-order chi connectivity index (χ1) is 9.69. The van der Waals surface area contributed by atoms with Crippen LogP contribution in [0.5, 0.6) is 0 Å². The Labute approximate surface area is 130 Å². The molecule has 0 bridgehead atoms. The SMILES string of the molecule is C=N/C(=C(/Br)[C@@]1(C)C(N)N1C(=NCC)C(F)(F)F)C1CC1. The van der Waals surface area contributed by atoms with Gasteiger partial charge in [0.1, 0.15) is 11.7 Å². The van der Waals surface area contributed by atoms with E-state index in [9.17, 15) is 13.2 Å². The third kappa shape index (κ3) is 2.75. The summed E-state index contributed by atoms with van der Waals surface area (Å²) >= 11 is 3.40. The van der Waals surface area contributed by atoms with Gasteiger partial charge in [0, 0.05) is 16.9 Å². The van der Waals surface area contributed by atoms with E-state index in [0.29, 0.717) is 10.2 Å². The largest absolute Gasteiger partial charge is 0.449 e. The summed E-state index contributed by atoms with van der Waals surface area (Å²) in [6, 6.07) is 0. The summed E-state index contributed by atoms with van der Waals surface area (Å²) in [6.45, 7) is 6.78. The molecule has 1 saturated carbocycles. The van der Waals surface area contributed by atoms with Crippen LogP contribution in [-0.2, 0) is 0 Å². The lowest BCUT2D eigenvalue weighted by Crippen LogP contribution is -2.35. The summed E-state index contributed by atoms with van der Waals surface area (Å²) in [5.41, 5.74) is 5.64. The zero-order chi connectivity index (χ0) is 16.0. The van der Waals surface area contributed by atoms with Crippen molar-refractivity contribution in [3.8, 4) is 0 Å². The van der Waals surface area contributed by atoms with Gasteiger partial charge in [-0.25, -0.2) is 0 Å². The lowest BCUT2D eigenvalue weighted by molar-refractivity contribution is -0.0660. The highest BCUT2D eigenvalue weighted by Gasteiger charge is 2.66. The lowest BCUT2D eigenvalue weighted by atomic mass is 10.1. The molecule has 21 heavy (non-hydrogen) atoms. The summed E-state index contributed by atoms with van der Waals surface area (Å²) in [6.07, 6.45) is -3.36. The van der Waals surface area contributed by atoms with Gasteiger partial charge in [-0.15, -0.1) is 0 Å². The maximum Gasteiger partial charge on any atom is 0.449 e. The second kappa shape index (κ2) is 5.39. The molecule has 8 heteroatoms. The Hall–Kier alpha value is -0.890. The van der Waals surface area contributed by atoms with E-state index >= 15 is 0 Å². The average Bonchev–Trinajstić information content (AvgIpc) is 3.28. The number of hydrogen-bond donors (Lipinski definition) is 1. The van der Waals surface area contributed by atoms with Crippen molar-refractivity contribution in [2.45, 2.75) is 44.6 Å². The molecule has 0 radical (unpaired) electrons. The van der Waals surface area contributed by atoms with E-state index in [1.54, 1.807) is 13.8 Å². The third-order valence-corrected chi connectivity index (χ3v) is 5.09. The maximum absolute atomic E-state index is 13.1. The fraction of sp³-hybridized carbons (Fsp3) is 0.692. The number of amidine groups is 1. The number of alkyl halides is 3. The molecule has 1 aliphatic carbocycles. The van der Waals surface area contributed by atoms with Gasteiger partial charge in [-0.2, -0.15) is 13.2 Å². The number of rotatable bonds is 4. The molecule has 1 unspecified atom stereocenters. The molecule has 1 heterocycles. The molecule has 2 aliphatic rings. The molecule has 2 fully saturated rings. The maximum atomic E-state index is 13.1. The van der Waals surface area contributed by atoms with Crippen LogP contribution in [0.3, 0.4) is 0 Å². The van der Waals surface area contributed by atoms with Gasteiger partial charge in [-0.1, -0.05) is 15.9 Å². The van der Waals surface area contributed by atoms with Crippen molar-refractivity contribution in [2.75, 3.05) is 6.54 Å². The first-order valence-corrected chi connectivity index (χ1v) is 7.52. The van der Waals surface area contributed by atoms with Gasteiger partial charge in [0.05, 0.1) is 5.70 Å². The van der Waals surface area contributed by atoms with E-state index in [4.69, 9.17) is 5.73 Å². The molecular formula is C13H18BrF3N4. The first-order valence-electron chi connectivity index (χ1n) is 6.73. The Morgan fingerprint density at radius 1 is 1.48 bits per heavy atom. The van der Waals surface area contributed by atoms with Crippen LogP contribution in [0.25, 0.3) is 0 Å². The third-order valence-electron chi connectivity index (χ3n) is 3.88. The lowest BCUT2D eigenvalue weighted by Gasteiger charge is -2.18. The molecule has 0 aromatic rings. The summed E-state index contributed by atoms with van der Waals surface area (Å²) in [5, 5.41) is 0. The van der Waals surface area contributed by atoms with Crippen LogP contribution in [0.1, 0.15) is 26.7 Å².